The van der Waals surface area contributed by atoms with Crippen molar-refractivity contribution in [3.63, 3.8) is 0 Å². The van der Waals surface area contributed by atoms with E-state index in [2.05, 4.69) is 4.98 Å². The number of nitrogens with zero attached hydrogens (tertiary/aromatic N) is 1. The first-order valence-electron chi connectivity index (χ1n) is 4.00. The number of aromatic carboxylic acids is 1. The van der Waals surface area contributed by atoms with Crippen LogP contribution in [0.25, 0.3) is 11.3 Å². The van der Waals surface area contributed by atoms with E-state index >= 15 is 0 Å². The molecule has 2 heterocycles. The van der Waals surface area contributed by atoms with Crippen molar-refractivity contribution in [3.05, 3.63) is 42.4 Å². The fourth-order valence-electron chi connectivity index (χ4n) is 1.21. The summed E-state index contributed by atoms with van der Waals surface area (Å²) < 4.78 is 5.11. The Bertz CT molecular complexity index is 448. The van der Waals surface area contributed by atoms with Gasteiger partial charge in [0.25, 0.3) is 0 Å². The fraction of sp³-hybridized carbons (Fsp3) is 0. The minimum Gasteiger partial charge on any atom is -0.478 e. The van der Waals surface area contributed by atoms with Gasteiger partial charge in [0, 0.05) is 12.4 Å². The van der Waals surface area contributed by atoms with Crippen LogP contribution in [0.3, 0.4) is 0 Å². The number of carboxylic acid groups (broad SMARTS) is 1. The highest BCUT2D eigenvalue weighted by Gasteiger charge is 2.12. The molecule has 0 saturated carbocycles. The third-order valence-corrected chi connectivity index (χ3v) is 1.84. The fourth-order valence-corrected chi connectivity index (χ4v) is 1.21. The molecular weight excluding hydrogens is 182 g/mol. The van der Waals surface area contributed by atoms with Crippen molar-refractivity contribution in [1.82, 2.24) is 4.98 Å². The number of furan rings is 1. The van der Waals surface area contributed by atoms with Crippen LogP contribution in [0.15, 0.2) is 41.3 Å². The van der Waals surface area contributed by atoms with Gasteiger partial charge in [-0.05, 0) is 18.2 Å². The van der Waals surface area contributed by atoms with Crippen LogP contribution in [0.4, 0.5) is 0 Å². The first-order valence-corrected chi connectivity index (χ1v) is 4.00. The molecule has 0 radical (unpaired) electrons. The van der Waals surface area contributed by atoms with Crippen LogP contribution in [-0.4, -0.2) is 16.1 Å². The summed E-state index contributed by atoms with van der Waals surface area (Å²) in [5.74, 6) is -0.477. The minimum absolute atomic E-state index is 0.190. The number of carbonyl (C=O) groups is 1. The maximum absolute atomic E-state index is 10.8. The number of rotatable bonds is 2. The maximum atomic E-state index is 10.8. The van der Waals surface area contributed by atoms with Crippen molar-refractivity contribution in [2.75, 3.05) is 0 Å². The van der Waals surface area contributed by atoms with E-state index < -0.39 is 5.97 Å². The van der Waals surface area contributed by atoms with Crippen molar-refractivity contribution in [1.29, 1.82) is 0 Å². The van der Waals surface area contributed by atoms with E-state index in [1.807, 2.05) is 0 Å². The van der Waals surface area contributed by atoms with Crippen molar-refractivity contribution in [2.45, 2.75) is 0 Å². The Morgan fingerprint density at radius 1 is 1.43 bits per heavy atom. The molecule has 0 spiro atoms. The molecule has 2 rings (SSSR count). The standard InChI is InChI=1S/C10H7NO3/c12-10(13)7-3-4-11-6-8(7)9-2-1-5-14-9/h1-6H,(H,12,13). The molecule has 4 nitrogen and oxygen atoms in total. The molecule has 1 N–H and O–H groups in total. The molecule has 0 aliphatic rings. The van der Waals surface area contributed by atoms with E-state index in [0.29, 0.717) is 11.3 Å². The van der Waals surface area contributed by atoms with E-state index in [1.54, 1.807) is 12.1 Å². The second-order valence-corrected chi connectivity index (χ2v) is 2.70. The van der Waals surface area contributed by atoms with Crippen LogP contribution in [0.1, 0.15) is 10.4 Å². The lowest BCUT2D eigenvalue weighted by Gasteiger charge is -2.00. The Labute approximate surface area is 79.8 Å². The smallest absolute Gasteiger partial charge is 0.336 e. The third kappa shape index (κ3) is 1.37. The van der Waals surface area contributed by atoms with E-state index in [9.17, 15) is 4.79 Å². The quantitative estimate of drug-likeness (QED) is 0.785. The van der Waals surface area contributed by atoms with Crippen LogP contribution < -0.4 is 0 Å². The Hall–Kier alpha value is -2.10. The second-order valence-electron chi connectivity index (χ2n) is 2.70. The molecule has 4 heteroatoms. The summed E-state index contributed by atoms with van der Waals surface area (Å²) in [6.07, 6.45) is 4.41. The summed E-state index contributed by atoms with van der Waals surface area (Å²) in [6.45, 7) is 0. The van der Waals surface area contributed by atoms with Crippen molar-refractivity contribution in [2.24, 2.45) is 0 Å². The van der Waals surface area contributed by atoms with Gasteiger partial charge in [0.05, 0.1) is 17.4 Å². The van der Waals surface area contributed by atoms with Crippen molar-refractivity contribution < 1.29 is 14.3 Å². The van der Waals surface area contributed by atoms with Crippen molar-refractivity contribution >= 4 is 5.97 Å². The lowest BCUT2D eigenvalue weighted by atomic mass is 10.1. The molecule has 0 amide bonds. The molecule has 70 valence electrons. The molecule has 0 aromatic carbocycles. The van der Waals surface area contributed by atoms with Gasteiger partial charge < -0.3 is 9.52 Å². The van der Waals surface area contributed by atoms with Gasteiger partial charge in [-0.2, -0.15) is 0 Å². The molecule has 0 fully saturated rings. The van der Waals surface area contributed by atoms with Gasteiger partial charge in [0.15, 0.2) is 0 Å². The Balaban J connectivity index is 2.58. The van der Waals surface area contributed by atoms with E-state index in [4.69, 9.17) is 9.52 Å². The summed E-state index contributed by atoms with van der Waals surface area (Å²) in [5.41, 5.74) is 0.681. The molecule has 0 unspecified atom stereocenters. The molecule has 0 bridgehead atoms. The molecular formula is C10H7NO3. The molecule has 0 aliphatic heterocycles. The Morgan fingerprint density at radius 3 is 2.93 bits per heavy atom. The molecule has 0 saturated heterocycles. The van der Waals surface area contributed by atoms with Crippen LogP contribution >= 0.6 is 0 Å². The molecule has 2 aromatic rings. The highest BCUT2D eigenvalue weighted by Crippen LogP contribution is 2.22. The monoisotopic (exact) mass is 189 g/mol. The Morgan fingerprint density at radius 2 is 2.29 bits per heavy atom. The van der Waals surface area contributed by atoms with Gasteiger partial charge >= 0.3 is 5.97 Å². The van der Waals surface area contributed by atoms with Crippen molar-refractivity contribution in [3.8, 4) is 11.3 Å². The van der Waals surface area contributed by atoms with Gasteiger partial charge in [0.2, 0.25) is 0 Å². The molecule has 2 aromatic heterocycles. The van der Waals surface area contributed by atoms with E-state index in [0.717, 1.165) is 0 Å². The van der Waals surface area contributed by atoms with Gasteiger partial charge in [-0.1, -0.05) is 0 Å². The predicted molar refractivity (Wildman–Crippen MR) is 48.9 cm³/mol. The zero-order valence-corrected chi connectivity index (χ0v) is 7.18. The summed E-state index contributed by atoms with van der Waals surface area (Å²) in [4.78, 5) is 14.7. The average molecular weight is 189 g/mol. The molecule has 0 atom stereocenters. The van der Waals surface area contributed by atoms with Crippen LogP contribution in [0, 0.1) is 0 Å². The van der Waals surface area contributed by atoms with Gasteiger partial charge in [0.1, 0.15) is 5.76 Å². The predicted octanol–water partition coefficient (Wildman–Crippen LogP) is 2.04. The van der Waals surface area contributed by atoms with E-state index in [1.165, 1.54) is 24.7 Å². The normalized spacial score (nSPS) is 10.0. The summed E-state index contributed by atoms with van der Waals surface area (Å²) in [5, 5.41) is 8.90. The number of aromatic nitrogens is 1. The van der Waals surface area contributed by atoms with Crippen LogP contribution in [0.2, 0.25) is 0 Å². The van der Waals surface area contributed by atoms with Gasteiger partial charge in [-0.15, -0.1) is 0 Å². The number of hydrogen-bond donors (Lipinski definition) is 1. The topological polar surface area (TPSA) is 63.3 Å². The van der Waals surface area contributed by atoms with Crippen LogP contribution in [0.5, 0.6) is 0 Å². The summed E-state index contributed by atoms with van der Waals surface area (Å²) >= 11 is 0. The lowest BCUT2D eigenvalue weighted by molar-refractivity contribution is 0.0697. The summed E-state index contributed by atoms with van der Waals surface area (Å²) in [6, 6.07) is 4.84. The second kappa shape index (κ2) is 3.33. The number of carboxylic acids is 1. The lowest BCUT2D eigenvalue weighted by Crippen LogP contribution is -1.99. The summed E-state index contributed by atoms with van der Waals surface area (Å²) in [7, 11) is 0. The maximum Gasteiger partial charge on any atom is 0.336 e. The van der Waals surface area contributed by atoms with Gasteiger partial charge in [-0.25, -0.2) is 4.79 Å². The Kier molecular flexibility index (Phi) is 2.02. The van der Waals surface area contributed by atoms with Gasteiger partial charge in [-0.3, -0.25) is 4.98 Å². The molecule has 14 heavy (non-hydrogen) atoms. The first kappa shape index (κ1) is 8.50. The molecule has 0 aliphatic carbocycles. The largest absolute Gasteiger partial charge is 0.478 e. The highest BCUT2D eigenvalue weighted by molar-refractivity contribution is 5.94. The SMILES string of the molecule is O=C(O)c1ccncc1-c1ccco1. The number of hydrogen-bond acceptors (Lipinski definition) is 3. The van der Waals surface area contributed by atoms with Crippen LogP contribution in [-0.2, 0) is 0 Å². The minimum atomic E-state index is -0.987. The third-order valence-electron chi connectivity index (χ3n) is 1.84. The highest BCUT2D eigenvalue weighted by atomic mass is 16.4. The first-order chi connectivity index (χ1) is 6.79. The average Bonchev–Trinajstić information content (AvgIpc) is 2.70. The van der Waals surface area contributed by atoms with E-state index in [-0.39, 0.29) is 5.56 Å². The zero-order chi connectivity index (χ0) is 9.97. The zero-order valence-electron chi connectivity index (χ0n) is 7.18. The number of pyridine rings is 1.